The fraction of sp³-hybridized carbons (Fsp3) is 0.478. The maximum absolute atomic E-state index is 5.91. The van der Waals surface area contributed by atoms with Gasteiger partial charge in [-0.05, 0) is 49.2 Å². The quantitative estimate of drug-likeness (QED) is 0.243. The van der Waals surface area contributed by atoms with Crippen molar-refractivity contribution in [3.63, 3.8) is 0 Å². The molecule has 160 valence electrons. The van der Waals surface area contributed by atoms with Crippen LogP contribution in [0.5, 0.6) is 11.5 Å². The molecule has 0 saturated carbocycles. The topological polar surface area (TPSA) is 18.5 Å². The zero-order chi connectivity index (χ0) is 21.7. The fourth-order valence-corrected chi connectivity index (χ4v) is 3.20. The highest BCUT2D eigenvalue weighted by Gasteiger charge is 2.24. The number of hydrogen-bond acceptors (Lipinski definition) is 2. The van der Waals surface area contributed by atoms with Gasteiger partial charge in [-0.1, -0.05) is 102 Å². The Morgan fingerprint density at radius 2 is 0.931 bits per heavy atom. The molecule has 2 atom stereocenters. The second kappa shape index (κ2) is 10.5. The number of benzene rings is 2. The number of halogens is 4. The van der Waals surface area contributed by atoms with Crippen molar-refractivity contribution in [3.8, 4) is 11.5 Å². The Hall–Kier alpha value is -0.0400. The molecule has 2 nitrogen and oxygen atoms in total. The Balaban J connectivity index is 2.06. The van der Waals surface area contributed by atoms with Crippen LogP contribution in [0.3, 0.4) is 0 Å². The highest BCUT2D eigenvalue weighted by Crippen LogP contribution is 2.34. The average Bonchev–Trinajstić information content (AvgIpc) is 2.71. The molecule has 0 radical (unpaired) electrons. The fourth-order valence-electron chi connectivity index (χ4n) is 2.65. The van der Waals surface area contributed by atoms with E-state index in [1.165, 1.54) is 11.1 Å². The summed E-state index contributed by atoms with van der Waals surface area (Å²) in [5.41, 5.74) is 2.37. The van der Waals surface area contributed by atoms with Gasteiger partial charge in [-0.3, -0.25) is 0 Å². The van der Waals surface area contributed by atoms with Crippen LogP contribution in [-0.2, 0) is 5.41 Å². The van der Waals surface area contributed by atoms with Crippen molar-refractivity contribution in [3.05, 3.63) is 59.7 Å². The van der Waals surface area contributed by atoms with Gasteiger partial charge in [0, 0.05) is 16.1 Å². The molecule has 29 heavy (non-hydrogen) atoms. The van der Waals surface area contributed by atoms with Crippen LogP contribution in [0.15, 0.2) is 48.5 Å². The van der Waals surface area contributed by atoms with Gasteiger partial charge in [0.2, 0.25) is 0 Å². The van der Waals surface area contributed by atoms with Crippen LogP contribution in [0, 0.1) is 0 Å². The van der Waals surface area contributed by atoms with Crippen LogP contribution in [0.2, 0.25) is 0 Å². The molecule has 6 heteroatoms. The highest BCUT2D eigenvalue weighted by molar-refractivity contribution is 9.12. The summed E-state index contributed by atoms with van der Waals surface area (Å²) in [5.74, 6) is 1.76. The molecule has 0 aromatic heterocycles. The lowest BCUT2D eigenvalue weighted by atomic mass is 9.78. The third-order valence-electron chi connectivity index (χ3n) is 4.79. The van der Waals surface area contributed by atoms with Gasteiger partial charge in [0.05, 0.1) is 8.65 Å². The summed E-state index contributed by atoms with van der Waals surface area (Å²) in [6, 6.07) is 16.8. The van der Waals surface area contributed by atoms with Crippen molar-refractivity contribution in [1.29, 1.82) is 0 Å². The molecule has 0 heterocycles. The first-order valence-electron chi connectivity index (χ1n) is 9.46. The second-order valence-electron chi connectivity index (χ2n) is 8.35. The van der Waals surface area contributed by atoms with Crippen LogP contribution in [0.25, 0.3) is 0 Å². The molecule has 0 amide bonds. The summed E-state index contributed by atoms with van der Waals surface area (Å²) in [4.78, 5) is 0. The molecule has 0 aliphatic rings. The van der Waals surface area contributed by atoms with E-state index in [0.717, 1.165) is 22.2 Å². The summed E-state index contributed by atoms with van der Waals surface area (Å²) in [6.07, 6.45) is 0. The van der Waals surface area contributed by atoms with Crippen molar-refractivity contribution in [2.75, 3.05) is 23.9 Å². The van der Waals surface area contributed by atoms with Crippen molar-refractivity contribution < 1.29 is 9.47 Å². The molecule has 2 rings (SSSR count). The SMILES string of the molecule is CC(Br)(CBr)COc1ccc(C(C)(C)c2ccc(OCC(C)(Br)CBr)cc2)cc1. The Bertz CT molecular complexity index is 703. The average molecular weight is 656 g/mol. The van der Waals surface area contributed by atoms with Crippen LogP contribution in [-0.4, -0.2) is 32.5 Å². The van der Waals surface area contributed by atoms with E-state index in [-0.39, 0.29) is 14.1 Å². The van der Waals surface area contributed by atoms with Crippen molar-refractivity contribution >= 4 is 63.7 Å². The van der Waals surface area contributed by atoms with Gasteiger partial charge < -0.3 is 9.47 Å². The molecule has 2 aromatic rings. The Labute approximate surface area is 208 Å². The van der Waals surface area contributed by atoms with Gasteiger partial charge in [0.25, 0.3) is 0 Å². The summed E-state index contributed by atoms with van der Waals surface area (Å²) in [7, 11) is 0. The lowest BCUT2D eigenvalue weighted by molar-refractivity contribution is 0.293. The molecule has 2 unspecified atom stereocenters. The summed E-state index contributed by atoms with van der Waals surface area (Å²) < 4.78 is 11.7. The monoisotopic (exact) mass is 652 g/mol. The molecule has 2 aromatic carbocycles. The van der Waals surface area contributed by atoms with Crippen molar-refractivity contribution in [2.24, 2.45) is 0 Å². The lowest BCUT2D eigenvalue weighted by Crippen LogP contribution is -2.27. The Kier molecular flexibility index (Phi) is 9.15. The normalized spacial score (nSPS) is 16.0. The molecule has 0 saturated heterocycles. The molecule has 0 aliphatic carbocycles. The summed E-state index contributed by atoms with van der Waals surface area (Å²) >= 11 is 14.3. The third kappa shape index (κ3) is 7.55. The zero-order valence-electron chi connectivity index (χ0n) is 17.3. The number of alkyl halides is 4. The third-order valence-corrected chi connectivity index (χ3v) is 9.79. The first-order chi connectivity index (χ1) is 13.5. The van der Waals surface area contributed by atoms with E-state index >= 15 is 0 Å². The minimum atomic E-state index is -0.114. The number of ether oxygens (including phenoxy) is 2. The Morgan fingerprint density at radius 1 is 0.621 bits per heavy atom. The van der Waals surface area contributed by atoms with E-state index in [0.29, 0.717) is 13.2 Å². The standard InChI is InChI=1S/C23H28Br4O2/c1-21(2,17-5-9-19(10-6-17)28-15-22(3,26)13-24)18-7-11-20(12-8-18)29-16-23(4,27)14-25/h5-12H,13-16H2,1-4H3. The zero-order valence-corrected chi connectivity index (χ0v) is 23.6. The van der Waals surface area contributed by atoms with E-state index in [1.54, 1.807) is 0 Å². The van der Waals surface area contributed by atoms with Crippen LogP contribution >= 0.6 is 63.7 Å². The van der Waals surface area contributed by atoms with Gasteiger partial charge in [-0.2, -0.15) is 0 Å². The first kappa shape index (κ1) is 25.2. The number of hydrogen-bond donors (Lipinski definition) is 0. The molecular weight excluding hydrogens is 628 g/mol. The molecule has 0 spiro atoms. The summed E-state index contributed by atoms with van der Waals surface area (Å²) in [5, 5.41) is 1.66. The van der Waals surface area contributed by atoms with E-state index in [9.17, 15) is 0 Å². The highest BCUT2D eigenvalue weighted by atomic mass is 79.9. The molecule has 0 fully saturated rings. The molecule has 0 aliphatic heterocycles. The predicted molar refractivity (Wildman–Crippen MR) is 138 cm³/mol. The van der Waals surface area contributed by atoms with E-state index < -0.39 is 0 Å². The van der Waals surface area contributed by atoms with Crippen LogP contribution in [0.4, 0.5) is 0 Å². The molecular formula is C23H28Br4O2. The van der Waals surface area contributed by atoms with Crippen molar-refractivity contribution in [2.45, 2.75) is 41.8 Å². The first-order valence-corrected chi connectivity index (χ1v) is 13.3. The maximum Gasteiger partial charge on any atom is 0.119 e. The second-order valence-corrected chi connectivity index (χ2v) is 13.3. The predicted octanol–water partition coefficient (Wildman–Crippen LogP) is 7.87. The lowest BCUT2D eigenvalue weighted by Gasteiger charge is -2.27. The smallest absolute Gasteiger partial charge is 0.119 e. The van der Waals surface area contributed by atoms with Gasteiger partial charge in [-0.15, -0.1) is 0 Å². The van der Waals surface area contributed by atoms with E-state index in [1.807, 2.05) is 24.3 Å². The van der Waals surface area contributed by atoms with Gasteiger partial charge in [0.15, 0.2) is 0 Å². The van der Waals surface area contributed by atoms with Gasteiger partial charge in [0.1, 0.15) is 24.7 Å². The van der Waals surface area contributed by atoms with Gasteiger partial charge >= 0.3 is 0 Å². The maximum atomic E-state index is 5.91. The van der Waals surface area contributed by atoms with E-state index in [2.05, 4.69) is 116 Å². The molecule has 0 bridgehead atoms. The minimum absolute atomic E-state index is 0.0739. The minimum Gasteiger partial charge on any atom is -0.492 e. The Morgan fingerprint density at radius 3 is 1.21 bits per heavy atom. The van der Waals surface area contributed by atoms with Crippen molar-refractivity contribution in [1.82, 2.24) is 0 Å². The molecule has 0 N–H and O–H groups in total. The van der Waals surface area contributed by atoms with E-state index in [4.69, 9.17) is 9.47 Å². The van der Waals surface area contributed by atoms with Crippen LogP contribution < -0.4 is 9.47 Å². The van der Waals surface area contributed by atoms with Gasteiger partial charge in [-0.25, -0.2) is 0 Å². The van der Waals surface area contributed by atoms with Crippen LogP contribution in [0.1, 0.15) is 38.8 Å². The summed E-state index contributed by atoms with van der Waals surface area (Å²) in [6.45, 7) is 9.88. The number of rotatable bonds is 10. The largest absolute Gasteiger partial charge is 0.492 e.